The van der Waals surface area contributed by atoms with Crippen LogP contribution in [0.15, 0.2) is 59.8 Å². The standard InChI is InChI=1S/C22H22N4O/c1-15-8-9-18(12-16(15)2)21-19(13-23-24-22(27)17-10-11-17)14-26(25-21)20-6-4-3-5-7-20/h3-9,12-14,17H,10-11H2,1-2H3,(H,24,27)/b23-13-. The summed E-state index contributed by atoms with van der Waals surface area (Å²) in [5, 5.41) is 8.94. The van der Waals surface area contributed by atoms with Gasteiger partial charge in [-0.25, -0.2) is 10.1 Å². The molecule has 0 bridgehead atoms. The van der Waals surface area contributed by atoms with Gasteiger partial charge < -0.3 is 0 Å². The van der Waals surface area contributed by atoms with Gasteiger partial charge in [0.2, 0.25) is 5.91 Å². The average molecular weight is 358 g/mol. The number of hydrazone groups is 1. The van der Waals surface area contributed by atoms with Crippen molar-refractivity contribution in [2.24, 2.45) is 11.0 Å². The Morgan fingerprint density at radius 1 is 1.15 bits per heavy atom. The molecule has 5 nitrogen and oxygen atoms in total. The Balaban J connectivity index is 1.70. The normalized spacial score (nSPS) is 13.9. The lowest BCUT2D eigenvalue weighted by atomic mass is 10.0. The van der Waals surface area contributed by atoms with Gasteiger partial charge >= 0.3 is 0 Å². The molecule has 1 aliphatic rings. The summed E-state index contributed by atoms with van der Waals surface area (Å²) in [7, 11) is 0. The van der Waals surface area contributed by atoms with E-state index in [-0.39, 0.29) is 11.8 Å². The number of nitrogens with zero attached hydrogens (tertiary/aromatic N) is 3. The molecule has 1 saturated carbocycles. The van der Waals surface area contributed by atoms with Crippen LogP contribution in [0.2, 0.25) is 0 Å². The van der Waals surface area contributed by atoms with Crippen LogP contribution in [0.4, 0.5) is 0 Å². The number of aryl methyl sites for hydroxylation is 2. The van der Waals surface area contributed by atoms with E-state index in [1.165, 1.54) is 11.1 Å². The molecular formula is C22H22N4O. The molecule has 0 radical (unpaired) electrons. The number of carbonyl (C=O) groups is 1. The molecule has 0 unspecified atom stereocenters. The smallest absolute Gasteiger partial charge is 0.243 e. The minimum atomic E-state index is -0.00516. The second-order valence-corrected chi connectivity index (χ2v) is 7.02. The maximum absolute atomic E-state index is 11.8. The Morgan fingerprint density at radius 2 is 1.93 bits per heavy atom. The van der Waals surface area contributed by atoms with Crippen molar-refractivity contribution in [1.29, 1.82) is 0 Å². The average Bonchev–Trinajstić information content (AvgIpc) is 3.45. The molecule has 5 heteroatoms. The van der Waals surface area contributed by atoms with Crippen LogP contribution in [-0.2, 0) is 4.79 Å². The first-order chi connectivity index (χ1) is 13.1. The van der Waals surface area contributed by atoms with E-state index in [0.29, 0.717) is 0 Å². The molecule has 0 saturated heterocycles. The number of aromatic nitrogens is 2. The van der Waals surface area contributed by atoms with Gasteiger partial charge in [-0.3, -0.25) is 4.79 Å². The number of rotatable bonds is 5. The number of amides is 1. The highest BCUT2D eigenvalue weighted by atomic mass is 16.2. The van der Waals surface area contributed by atoms with Crippen molar-refractivity contribution >= 4 is 12.1 Å². The summed E-state index contributed by atoms with van der Waals surface area (Å²) in [6, 6.07) is 16.3. The minimum absolute atomic E-state index is 0.00516. The number of carbonyl (C=O) groups excluding carboxylic acids is 1. The zero-order valence-corrected chi connectivity index (χ0v) is 15.5. The summed E-state index contributed by atoms with van der Waals surface area (Å²) >= 11 is 0. The second kappa shape index (κ2) is 7.19. The molecule has 1 heterocycles. The van der Waals surface area contributed by atoms with Crippen molar-refractivity contribution in [3.63, 3.8) is 0 Å². The van der Waals surface area contributed by atoms with Crippen LogP contribution < -0.4 is 5.43 Å². The zero-order chi connectivity index (χ0) is 18.8. The summed E-state index contributed by atoms with van der Waals surface area (Å²) in [4.78, 5) is 11.8. The fourth-order valence-electron chi connectivity index (χ4n) is 2.91. The van der Waals surface area contributed by atoms with E-state index in [0.717, 1.165) is 35.3 Å². The first kappa shape index (κ1) is 17.2. The predicted molar refractivity (Wildman–Crippen MR) is 107 cm³/mol. The molecule has 1 N–H and O–H groups in total. The molecule has 4 rings (SSSR count). The molecule has 1 fully saturated rings. The van der Waals surface area contributed by atoms with Gasteiger partial charge in [0.05, 0.1) is 11.9 Å². The molecule has 27 heavy (non-hydrogen) atoms. The number of nitrogens with one attached hydrogen (secondary N) is 1. The van der Waals surface area contributed by atoms with E-state index < -0.39 is 0 Å². The molecule has 1 amide bonds. The first-order valence-corrected chi connectivity index (χ1v) is 9.17. The van der Waals surface area contributed by atoms with Crippen molar-refractivity contribution in [3.8, 4) is 16.9 Å². The van der Waals surface area contributed by atoms with Gasteiger partial charge in [0.1, 0.15) is 5.69 Å². The Kier molecular flexibility index (Phi) is 4.59. The molecule has 1 aliphatic carbocycles. The van der Waals surface area contributed by atoms with E-state index in [9.17, 15) is 4.79 Å². The lowest BCUT2D eigenvalue weighted by Crippen LogP contribution is -2.18. The van der Waals surface area contributed by atoms with E-state index in [4.69, 9.17) is 5.10 Å². The van der Waals surface area contributed by atoms with Gasteiger partial charge in [0.15, 0.2) is 0 Å². The SMILES string of the molecule is Cc1ccc(-c2nn(-c3ccccc3)cc2/C=N\NC(=O)C2CC2)cc1C. The maximum atomic E-state index is 11.8. The largest absolute Gasteiger partial charge is 0.273 e. The van der Waals surface area contributed by atoms with Crippen molar-refractivity contribution in [2.75, 3.05) is 0 Å². The van der Waals surface area contributed by atoms with Gasteiger partial charge in [-0.15, -0.1) is 0 Å². The Hall–Kier alpha value is -3.21. The summed E-state index contributed by atoms with van der Waals surface area (Å²) in [6.07, 6.45) is 5.53. The van der Waals surface area contributed by atoms with Crippen LogP contribution in [0.1, 0.15) is 29.5 Å². The van der Waals surface area contributed by atoms with Crippen LogP contribution in [0, 0.1) is 19.8 Å². The molecule has 0 spiro atoms. The fraction of sp³-hybridized carbons (Fsp3) is 0.227. The number of para-hydroxylation sites is 1. The number of hydrogen-bond acceptors (Lipinski definition) is 3. The van der Waals surface area contributed by atoms with Gasteiger partial charge in [-0.2, -0.15) is 10.2 Å². The predicted octanol–water partition coefficient (Wildman–Crippen LogP) is 4.02. The molecule has 1 aromatic heterocycles. The molecule has 3 aromatic rings. The number of benzene rings is 2. The highest BCUT2D eigenvalue weighted by Crippen LogP contribution is 2.29. The van der Waals surface area contributed by atoms with Crippen LogP contribution in [-0.4, -0.2) is 21.9 Å². The highest BCUT2D eigenvalue weighted by molar-refractivity contribution is 5.90. The summed E-state index contributed by atoms with van der Waals surface area (Å²) in [5.74, 6) is 0.128. The Labute approximate surface area is 158 Å². The summed E-state index contributed by atoms with van der Waals surface area (Å²) in [5.41, 5.74) is 8.80. The van der Waals surface area contributed by atoms with E-state index >= 15 is 0 Å². The van der Waals surface area contributed by atoms with Crippen LogP contribution >= 0.6 is 0 Å². The molecule has 2 aromatic carbocycles. The van der Waals surface area contributed by atoms with E-state index in [1.54, 1.807) is 6.21 Å². The van der Waals surface area contributed by atoms with Gasteiger partial charge in [0.25, 0.3) is 0 Å². The molecule has 136 valence electrons. The lowest BCUT2D eigenvalue weighted by Gasteiger charge is -2.04. The monoisotopic (exact) mass is 358 g/mol. The van der Waals surface area contributed by atoms with Crippen molar-refractivity contribution in [2.45, 2.75) is 26.7 Å². The quantitative estimate of drug-likeness (QED) is 0.553. The fourth-order valence-corrected chi connectivity index (χ4v) is 2.91. The van der Waals surface area contributed by atoms with E-state index in [1.807, 2.05) is 41.2 Å². The lowest BCUT2D eigenvalue weighted by molar-refractivity contribution is -0.122. The van der Waals surface area contributed by atoms with Gasteiger partial charge in [-0.05, 0) is 56.0 Å². The van der Waals surface area contributed by atoms with Crippen LogP contribution in [0.3, 0.4) is 0 Å². The van der Waals surface area contributed by atoms with Gasteiger partial charge in [0, 0.05) is 23.2 Å². The van der Waals surface area contributed by atoms with Crippen LogP contribution in [0.5, 0.6) is 0 Å². The number of hydrogen-bond donors (Lipinski definition) is 1. The summed E-state index contributed by atoms with van der Waals surface area (Å²) in [6.45, 7) is 4.19. The highest BCUT2D eigenvalue weighted by Gasteiger charge is 2.29. The molecule has 0 aliphatic heterocycles. The third-order valence-corrected chi connectivity index (χ3v) is 4.87. The summed E-state index contributed by atoms with van der Waals surface area (Å²) < 4.78 is 1.84. The molecular weight excluding hydrogens is 336 g/mol. The Bertz CT molecular complexity index is 1000. The van der Waals surface area contributed by atoms with Crippen molar-refractivity contribution in [3.05, 3.63) is 71.4 Å². The Morgan fingerprint density at radius 3 is 2.63 bits per heavy atom. The second-order valence-electron chi connectivity index (χ2n) is 7.02. The first-order valence-electron chi connectivity index (χ1n) is 9.17. The third-order valence-electron chi connectivity index (χ3n) is 4.87. The van der Waals surface area contributed by atoms with Crippen molar-refractivity contribution < 1.29 is 4.79 Å². The topological polar surface area (TPSA) is 59.3 Å². The van der Waals surface area contributed by atoms with Crippen molar-refractivity contribution in [1.82, 2.24) is 15.2 Å². The minimum Gasteiger partial charge on any atom is -0.273 e. The molecule has 0 atom stereocenters. The van der Waals surface area contributed by atoms with Crippen LogP contribution in [0.25, 0.3) is 16.9 Å². The zero-order valence-electron chi connectivity index (χ0n) is 15.5. The maximum Gasteiger partial charge on any atom is 0.243 e. The van der Waals surface area contributed by atoms with E-state index in [2.05, 4.69) is 42.6 Å². The van der Waals surface area contributed by atoms with Gasteiger partial charge in [-0.1, -0.05) is 30.3 Å². The third kappa shape index (κ3) is 3.82.